The molecule has 0 aromatic heterocycles. The summed E-state index contributed by atoms with van der Waals surface area (Å²) in [7, 11) is 0. The van der Waals surface area contributed by atoms with Crippen LogP contribution in [0.25, 0.3) is 0 Å². The molecule has 2 N–H and O–H groups in total. The Morgan fingerprint density at radius 1 is 0.348 bits per heavy atom. The minimum Gasteiger partial charge on any atom is -0.464 e. The molecule has 6 heteroatoms. The summed E-state index contributed by atoms with van der Waals surface area (Å²) in [4.78, 5) is 24.1. The van der Waals surface area contributed by atoms with Gasteiger partial charge in [-0.25, -0.2) is 9.59 Å². The first-order valence-electron chi connectivity index (χ1n) is 20.2. The average molecular weight is 655 g/mol. The van der Waals surface area contributed by atoms with Crippen molar-refractivity contribution in [2.45, 2.75) is 232 Å². The summed E-state index contributed by atoms with van der Waals surface area (Å²) < 4.78 is 10.2. The molecule has 0 aromatic carbocycles. The molecule has 0 aliphatic carbocycles. The van der Waals surface area contributed by atoms with Gasteiger partial charge in [-0.2, -0.15) is 0 Å². The minimum absolute atomic E-state index is 0.190. The zero-order chi connectivity index (χ0) is 33.8. The first-order valence-corrected chi connectivity index (χ1v) is 20.2. The van der Waals surface area contributed by atoms with Gasteiger partial charge in [-0.05, 0) is 12.8 Å². The van der Waals surface area contributed by atoms with Crippen molar-refractivity contribution in [2.75, 3.05) is 13.2 Å². The van der Waals surface area contributed by atoms with E-state index in [0.717, 1.165) is 38.5 Å². The molecule has 0 radical (unpaired) electrons. The van der Waals surface area contributed by atoms with Crippen molar-refractivity contribution in [3.63, 3.8) is 0 Å². The Balaban J connectivity index is 3.50. The number of hydrogen-bond acceptors (Lipinski definition) is 6. The maximum Gasteiger partial charge on any atom is 0.338 e. The average Bonchev–Trinajstić information content (AvgIpc) is 3.06. The van der Waals surface area contributed by atoms with Crippen LogP contribution in [0, 0.1) is 0 Å². The highest BCUT2D eigenvalue weighted by Gasteiger charge is 2.32. The van der Waals surface area contributed by atoms with Crippen molar-refractivity contribution in [3.8, 4) is 0 Å². The van der Waals surface area contributed by atoms with E-state index in [2.05, 4.69) is 13.8 Å². The number of ether oxygens (including phenoxy) is 2. The van der Waals surface area contributed by atoms with Gasteiger partial charge in [-0.3, -0.25) is 0 Å². The molecule has 6 nitrogen and oxygen atoms in total. The molecule has 0 aliphatic heterocycles. The lowest BCUT2D eigenvalue weighted by Crippen LogP contribution is -2.41. The molecule has 0 fully saturated rings. The molecule has 2 atom stereocenters. The molecule has 0 amide bonds. The van der Waals surface area contributed by atoms with E-state index in [4.69, 9.17) is 9.47 Å². The van der Waals surface area contributed by atoms with Crippen LogP contribution in [-0.2, 0) is 19.1 Å². The smallest absolute Gasteiger partial charge is 0.338 e. The summed E-state index contributed by atoms with van der Waals surface area (Å²) in [6.45, 7) is 4.91. The molecule has 46 heavy (non-hydrogen) atoms. The van der Waals surface area contributed by atoms with Crippen molar-refractivity contribution in [1.82, 2.24) is 0 Å². The van der Waals surface area contributed by atoms with Crippen LogP contribution < -0.4 is 0 Å². The lowest BCUT2D eigenvalue weighted by molar-refractivity contribution is -0.173. The molecule has 0 spiro atoms. The van der Waals surface area contributed by atoms with E-state index in [1.807, 2.05) is 0 Å². The Bertz CT molecular complexity index is 585. The van der Waals surface area contributed by atoms with E-state index < -0.39 is 24.1 Å². The predicted molar refractivity (Wildman–Crippen MR) is 193 cm³/mol. The molecule has 0 rings (SSSR count). The lowest BCUT2D eigenvalue weighted by Gasteiger charge is -2.16. The number of aliphatic hydroxyl groups excluding tert-OH is 2. The Hall–Kier alpha value is -1.14. The molecule has 0 heterocycles. The molecule has 0 saturated carbocycles. The minimum atomic E-state index is -1.90. The summed E-state index contributed by atoms with van der Waals surface area (Å²) in [5.74, 6) is -1.93. The van der Waals surface area contributed by atoms with Crippen LogP contribution in [0.2, 0.25) is 0 Å². The van der Waals surface area contributed by atoms with E-state index >= 15 is 0 Å². The van der Waals surface area contributed by atoms with Crippen molar-refractivity contribution in [1.29, 1.82) is 0 Å². The summed E-state index contributed by atoms with van der Waals surface area (Å²) >= 11 is 0. The van der Waals surface area contributed by atoms with Crippen LogP contribution in [0.15, 0.2) is 0 Å². The normalized spacial score (nSPS) is 12.7. The van der Waals surface area contributed by atoms with Crippen LogP contribution in [0.5, 0.6) is 0 Å². The summed E-state index contributed by atoms with van der Waals surface area (Å²) in [6.07, 6.45) is 36.8. The van der Waals surface area contributed by atoms with Crippen LogP contribution in [0.3, 0.4) is 0 Å². The standard InChI is InChI=1S/C40H78O6/c1-3-5-7-9-11-13-15-17-19-21-23-25-27-29-31-33-35-45-39(43)37(41)38(42)40(44)46-36-34-32-30-28-26-24-22-20-18-16-14-12-10-8-6-4-2/h37-38,41-42H,3-36H2,1-2H3/t37-,38-/m1/s1. The molecule has 0 saturated heterocycles. The molecule has 0 aliphatic rings. The SMILES string of the molecule is CCCCCCCCCCCCCCCCCCOC(=O)[C@H](O)[C@@H](O)C(=O)OCCCCCCCCCCCCCCCCCC. The van der Waals surface area contributed by atoms with E-state index in [1.54, 1.807) is 0 Å². The van der Waals surface area contributed by atoms with Gasteiger partial charge in [0.25, 0.3) is 0 Å². The Morgan fingerprint density at radius 2 is 0.522 bits per heavy atom. The fourth-order valence-electron chi connectivity index (χ4n) is 6.07. The number of aliphatic hydroxyl groups is 2. The van der Waals surface area contributed by atoms with Gasteiger partial charge in [0, 0.05) is 0 Å². The van der Waals surface area contributed by atoms with Gasteiger partial charge in [0.05, 0.1) is 13.2 Å². The number of hydrogen-bond donors (Lipinski definition) is 2. The quantitative estimate of drug-likeness (QED) is 0.0511. The predicted octanol–water partition coefficient (Wildman–Crippen LogP) is 11.3. The van der Waals surface area contributed by atoms with Gasteiger partial charge in [0.15, 0.2) is 12.2 Å². The zero-order valence-electron chi connectivity index (χ0n) is 30.7. The molecule has 0 aromatic rings. The van der Waals surface area contributed by atoms with Crippen LogP contribution in [-0.4, -0.2) is 47.6 Å². The van der Waals surface area contributed by atoms with Crippen LogP contribution in [0.4, 0.5) is 0 Å². The van der Waals surface area contributed by atoms with Crippen molar-refractivity contribution >= 4 is 11.9 Å². The molecule has 274 valence electrons. The monoisotopic (exact) mass is 655 g/mol. The maximum absolute atomic E-state index is 12.0. The van der Waals surface area contributed by atoms with Crippen molar-refractivity contribution in [2.24, 2.45) is 0 Å². The first-order chi connectivity index (χ1) is 22.5. The fourth-order valence-corrected chi connectivity index (χ4v) is 6.07. The molecular formula is C40H78O6. The zero-order valence-corrected chi connectivity index (χ0v) is 30.7. The van der Waals surface area contributed by atoms with Crippen molar-refractivity contribution < 1.29 is 29.3 Å². The summed E-state index contributed by atoms with van der Waals surface area (Å²) in [5, 5.41) is 20.0. The number of rotatable bonds is 37. The third kappa shape index (κ3) is 31.5. The van der Waals surface area contributed by atoms with E-state index in [9.17, 15) is 19.8 Å². The number of unbranched alkanes of at least 4 members (excludes halogenated alkanes) is 30. The largest absolute Gasteiger partial charge is 0.464 e. The fraction of sp³-hybridized carbons (Fsp3) is 0.950. The molecular weight excluding hydrogens is 576 g/mol. The number of esters is 2. The van der Waals surface area contributed by atoms with Gasteiger partial charge < -0.3 is 19.7 Å². The highest BCUT2D eigenvalue weighted by Crippen LogP contribution is 2.15. The Kier molecular flexibility index (Phi) is 35.8. The van der Waals surface area contributed by atoms with Gasteiger partial charge in [-0.1, -0.05) is 206 Å². The number of carbonyl (C=O) groups is 2. The van der Waals surface area contributed by atoms with E-state index in [1.165, 1.54) is 167 Å². The maximum atomic E-state index is 12.0. The van der Waals surface area contributed by atoms with Gasteiger partial charge in [-0.15, -0.1) is 0 Å². The second-order valence-corrected chi connectivity index (χ2v) is 13.8. The summed E-state index contributed by atoms with van der Waals surface area (Å²) in [5.41, 5.74) is 0. The first kappa shape index (κ1) is 44.9. The topological polar surface area (TPSA) is 93.1 Å². The van der Waals surface area contributed by atoms with Gasteiger partial charge in [0.1, 0.15) is 0 Å². The van der Waals surface area contributed by atoms with Crippen molar-refractivity contribution in [3.05, 3.63) is 0 Å². The highest BCUT2D eigenvalue weighted by atomic mass is 16.6. The molecule has 0 bridgehead atoms. The van der Waals surface area contributed by atoms with Gasteiger partial charge >= 0.3 is 11.9 Å². The highest BCUT2D eigenvalue weighted by molar-refractivity contribution is 5.85. The molecule has 0 unspecified atom stereocenters. The van der Waals surface area contributed by atoms with E-state index in [-0.39, 0.29) is 13.2 Å². The number of carbonyl (C=O) groups excluding carboxylic acids is 2. The van der Waals surface area contributed by atoms with Crippen LogP contribution >= 0.6 is 0 Å². The van der Waals surface area contributed by atoms with Gasteiger partial charge in [0.2, 0.25) is 0 Å². The summed E-state index contributed by atoms with van der Waals surface area (Å²) in [6, 6.07) is 0. The Labute approximate surface area is 285 Å². The second-order valence-electron chi connectivity index (χ2n) is 13.8. The third-order valence-electron chi connectivity index (χ3n) is 9.27. The van der Waals surface area contributed by atoms with Crippen LogP contribution in [0.1, 0.15) is 219 Å². The Morgan fingerprint density at radius 3 is 0.717 bits per heavy atom. The third-order valence-corrected chi connectivity index (χ3v) is 9.27. The lowest BCUT2D eigenvalue weighted by atomic mass is 10.0. The van der Waals surface area contributed by atoms with E-state index in [0.29, 0.717) is 0 Å². The second kappa shape index (κ2) is 36.7.